The summed E-state index contributed by atoms with van der Waals surface area (Å²) in [7, 11) is 0. The fourth-order valence-corrected chi connectivity index (χ4v) is 4.80. The molecule has 3 rings (SSSR count). The lowest BCUT2D eigenvalue weighted by Gasteiger charge is -2.11. The van der Waals surface area contributed by atoms with E-state index in [0.717, 1.165) is 29.6 Å². The maximum atomic E-state index is 12.2. The molecule has 0 saturated heterocycles. The third kappa shape index (κ3) is 6.42. The summed E-state index contributed by atoms with van der Waals surface area (Å²) in [6.45, 7) is 2.41. The zero-order chi connectivity index (χ0) is 20.8. The Morgan fingerprint density at radius 1 is 1.10 bits per heavy atom. The minimum absolute atomic E-state index is 0.239. The second-order valence-electron chi connectivity index (χ2n) is 6.30. The Hall–Kier alpha value is -1.65. The molecule has 0 radical (unpaired) electrons. The molecule has 3 aromatic carbocycles. The summed E-state index contributed by atoms with van der Waals surface area (Å²) >= 11 is 10.4. The Labute approximate surface area is 202 Å². The molecule has 0 aromatic heterocycles. The van der Waals surface area contributed by atoms with Crippen LogP contribution >= 0.6 is 56.8 Å². The number of carbonyl (C=O) groups excluding carboxylic acids is 1. The molecule has 0 atom stereocenters. The summed E-state index contributed by atoms with van der Waals surface area (Å²) in [4.78, 5) is 12.2. The van der Waals surface area contributed by atoms with E-state index in [9.17, 15) is 4.79 Å². The molecule has 0 aliphatic rings. The summed E-state index contributed by atoms with van der Waals surface area (Å²) < 4.78 is 7.92. The number of nitrogens with zero attached hydrogens (tertiary/aromatic N) is 1. The molecule has 1 N–H and O–H groups in total. The summed E-state index contributed by atoms with van der Waals surface area (Å²) in [5, 5.41) is 4.78. The summed E-state index contributed by atoms with van der Waals surface area (Å²) in [6.07, 6.45) is 1.63. The van der Waals surface area contributed by atoms with E-state index in [-0.39, 0.29) is 5.91 Å². The van der Waals surface area contributed by atoms with Crippen LogP contribution in [0.25, 0.3) is 0 Å². The Bertz CT molecular complexity index is 1030. The van der Waals surface area contributed by atoms with Crippen LogP contribution < -0.4 is 10.2 Å². The molecule has 0 saturated carbocycles. The summed E-state index contributed by atoms with van der Waals surface area (Å²) in [5.41, 5.74) is 6.10. The van der Waals surface area contributed by atoms with Gasteiger partial charge in [0.2, 0.25) is 0 Å². The number of amides is 1. The number of hydrazone groups is 1. The Morgan fingerprint density at radius 2 is 1.79 bits per heavy atom. The SMILES string of the molecule is Cc1cccc(C(=O)N/N=C/c2cc(I)c(OCc3ccc(Cl)cc3)c(I)c2)c1. The van der Waals surface area contributed by atoms with Crippen LogP contribution in [0.5, 0.6) is 5.75 Å². The number of halogens is 3. The van der Waals surface area contributed by atoms with Gasteiger partial charge in [-0.1, -0.05) is 41.4 Å². The normalized spacial score (nSPS) is 10.9. The van der Waals surface area contributed by atoms with Gasteiger partial charge in [0.05, 0.1) is 13.4 Å². The van der Waals surface area contributed by atoms with Gasteiger partial charge in [-0.2, -0.15) is 5.10 Å². The minimum Gasteiger partial charge on any atom is -0.487 e. The van der Waals surface area contributed by atoms with Gasteiger partial charge in [0.15, 0.2) is 0 Å². The van der Waals surface area contributed by atoms with Crippen molar-refractivity contribution in [3.63, 3.8) is 0 Å². The van der Waals surface area contributed by atoms with Crippen LogP contribution in [0.2, 0.25) is 5.02 Å². The first-order valence-corrected chi connectivity index (χ1v) is 11.2. The first-order chi connectivity index (χ1) is 13.9. The van der Waals surface area contributed by atoms with Crippen LogP contribution in [-0.4, -0.2) is 12.1 Å². The number of carbonyl (C=O) groups is 1. The predicted octanol–water partition coefficient (Wildman–Crippen LogP) is 6.20. The predicted molar refractivity (Wildman–Crippen MR) is 134 cm³/mol. The van der Waals surface area contributed by atoms with Crippen molar-refractivity contribution in [1.82, 2.24) is 5.43 Å². The van der Waals surface area contributed by atoms with E-state index in [2.05, 4.69) is 55.7 Å². The number of ether oxygens (including phenoxy) is 1. The minimum atomic E-state index is -0.239. The third-order valence-electron chi connectivity index (χ3n) is 3.98. The van der Waals surface area contributed by atoms with Crippen molar-refractivity contribution >= 4 is 68.9 Å². The quantitative estimate of drug-likeness (QED) is 0.200. The van der Waals surface area contributed by atoms with Crippen LogP contribution in [0, 0.1) is 14.1 Å². The second-order valence-corrected chi connectivity index (χ2v) is 9.06. The fraction of sp³-hybridized carbons (Fsp3) is 0.0909. The molecule has 0 unspecified atom stereocenters. The molecule has 29 heavy (non-hydrogen) atoms. The largest absolute Gasteiger partial charge is 0.487 e. The lowest BCUT2D eigenvalue weighted by atomic mass is 10.1. The monoisotopic (exact) mass is 630 g/mol. The first-order valence-electron chi connectivity index (χ1n) is 8.69. The van der Waals surface area contributed by atoms with Gasteiger partial charge in [-0.15, -0.1) is 0 Å². The first kappa shape index (κ1) is 22.0. The average Bonchev–Trinajstić information content (AvgIpc) is 2.68. The van der Waals surface area contributed by atoms with Crippen LogP contribution in [0.4, 0.5) is 0 Å². The van der Waals surface area contributed by atoms with E-state index in [0.29, 0.717) is 17.2 Å². The molecule has 3 aromatic rings. The number of rotatable bonds is 6. The smallest absolute Gasteiger partial charge is 0.271 e. The average molecular weight is 631 g/mol. The number of hydrogen-bond donors (Lipinski definition) is 1. The highest BCUT2D eigenvalue weighted by atomic mass is 127. The second kappa shape index (κ2) is 10.4. The maximum Gasteiger partial charge on any atom is 0.271 e. The van der Waals surface area contributed by atoms with Crippen LogP contribution in [0.3, 0.4) is 0 Å². The van der Waals surface area contributed by atoms with Gasteiger partial charge >= 0.3 is 0 Å². The van der Waals surface area contributed by atoms with Crippen LogP contribution in [-0.2, 0) is 6.61 Å². The Balaban J connectivity index is 1.64. The van der Waals surface area contributed by atoms with E-state index in [1.165, 1.54) is 0 Å². The van der Waals surface area contributed by atoms with E-state index in [1.54, 1.807) is 12.3 Å². The Kier molecular flexibility index (Phi) is 7.91. The molecule has 1 amide bonds. The lowest BCUT2D eigenvalue weighted by molar-refractivity contribution is 0.0955. The molecule has 4 nitrogen and oxygen atoms in total. The number of hydrogen-bond acceptors (Lipinski definition) is 3. The highest BCUT2D eigenvalue weighted by molar-refractivity contribution is 14.1. The molecule has 148 valence electrons. The zero-order valence-corrected chi connectivity index (χ0v) is 20.5. The van der Waals surface area contributed by atoms with Crippen molar-refractivity contribution in [1.29, 1.82) is 0 Å². The van der Waals surface area contributed by atoms with Crippen LogP contribution in [0.1, 0.15) is 27.0 Å². The van der Waals surface area contributed by atoms with E-state index >= 15 is 0 Å². The molecule has 7 heteroatoms. The number of aryl methyl sites for hydroxylation is 1. The third-order valence-corrected chi connectivity index (χ3v) is 5.83. The molecule has 0 heterocycles. The van der Waals surface area contributed by atoms with Gasteiger partial charge in [-0.05, 0) is 99.6 Å². The molecule has 0 fully saturated rings. The van der Waals surface area contributed by atoms with Gasteiger partial charge in [-0.25, -0.2) is 5.43 Å². The molecule has 0 aliphatic heterocycles. The van der Waals surface area contributed by atoms with E-state index in [1.807, 2.05) is 61.5 Å². The van der Waals surface area contributed by atoms with Crippen molar-refractivity contribution in [3.8, 4) is 5.75 Å². The van der Waals surface area contributed by atoms with E-state index < -0.39 is 0 Å². The van der Waals surface area contributed by atoms with Gasteiger partial charge in [0.25, 0.3) is 5.91 Å². The van der Waals surface area contributed by atoms with E-state index in [4.69, 9.17) is 16.3 Å². The standard InChI is InChI=1S/C22H17ClI2N2O2/c1-14-3-2-4-17(9-14)22(28)27-26-12-16-10-19(24)21(20(25)11-16)29-13-15-5-7-18(23)8-6-15/h2-12H,13H2,1H3,(H,27,28)/b26-12+. The molecule has 0 spiro atoms. The summed E-state index contributed by atoms with van der Waals surface area (Å²) in [6, 6.07) is 18.9. The van der Waals surface area contributed by atoms with Crippen LogP contribution in [0.15, 0.2) is 65.8 Å². The lowest BCUT2D eigenvalue weighted by Crippen LogP contribution is -2.17. The van der Waals surface area contributed by atoms with Crippen molar-refractivity contribution in [2.24, 2.45) is 5.10 Å². The highest BCUT2D eigenvalue weighted by Gasteiger charge is 2.09. The molecule has 0 aliphatic carbocycles. The zero-order valence-electron chi connectivity index (χ0n) is 15.5. The van der Waals surface area contributed by atoms with Gasteiger partial charge in [0.1, 0.15) is 12.4 Å². The maximum absolute atomic E-state index is 12.2. The number of nitrogens with one attached hydrogen (secondary N) is 1. The fourth-order valence-electron chi connectivity index (χ4n) is 2.54. The summed E-state index contributed by atoms with van der Waals surface area (Å²) in [5.74, 6) is 0.583. The molecule has 0 bridgehead atoms. The van der Waals surface area contributed by atoms with Crippen molar-refractivity contribution in [2.75, 3.05) is 0 Å². The van der Waals surface area contributed by atoms with Crippen molar-refractivity contribution < 1.29 is 9.53 Å². The van der Waals surface area contributed by atoms with Gasteiger partial charge < -0.3 is 4.74 Å². The van der Waals surface area contributed by atoms with Gasteiger partial charge in [-0.3, -0.25) is 4.79 Å². The number of benzene rings is 3. The topological polar surface area (TPSA) is 50.7 Å². The van der Waals surface area contributed by atoms with Gasteiger partial charge in [0, 0.05) is 10.6 Å². The highest BCUT2D eigenvalue weighted by Crippen LogP contribution is 2.29. The molecular weight excluding hydrogens is 614 g/mol. The van der Waals surface area contributed by atoms with Crippen molar-refractivity contribution in [2.45, 2.75) is 13.5 Å². The van der Waals surface area contributed by atoms with Crippen molar-refractivity contribution in [3.05, 3.63) is 95.1 Å². The molecular formula is C22H17ClI2N2O2. The Morgan fingerprint density at radius 3 is 2.45 bits per heavy atom.